The van der Waals surface area contributed by atoms with Gasteiger partial charge >= 0.3 is 13.7 Å². The number of fused-ring (bicyclic) bond motifs is 1. The molecule has 0 atom stereocenters. The number of halogens is 1. The number of nitrogens with zero attached hydrogens (tertiary/aromatic N) is 2. The molecule has 2 heterocycles. The lowest BCUT2D eigenvalue weighted by Gasteiger charge is -2.61. The van der Waals surface area contributed by atoms with Crippen molar-refractivity contribution in [2.45, 2.75) is 30.5 Å². The van der Waals surface area contributed by atoms with Crippen molar-refractivity contribution in [2.75, 3.05) is 18.9 Å². The van der Waals surface area contributed by atoms with Crippen LogP contribution in [0.2, 0.25) is 0 Å². The van der Waals surface area contributed by atoms with Crippen molar-refractivity contribution >= 4 is 13.7 Å². The maximum absolute atomic E-state index is 13.8. The Morgan fingerprint density at radius 3 is 2.68 bits per heavy atom. The summed E-state index contributed by atoms with van der Waals surface area (Å²) in [7, 11) is -4.77. The number of nitrogens with one attached hydrogen (secondary N) is 1. The van der Waals surface area contributed by atoms with E-state index < -0.39 is 31.3 Å². The van der Waals surface area contributed by atoms with Crippen molar-refractivity contribution in [2.24, 2.45) is 0 Å². The first-order valence-corrected chi connectivity index (χ1v) is 9.01. The fraction of sp³-hybridized carbons (Fsp3) is 0.538. The predicted molar refractivity (Wildman–Crippen MR) is 81.0 cm³/mol. The fourth-order valence-electron chi connectivity index (χ4n) is 3.80. The van der Waals surface area contributed by atoms with Crippen molar-refractivity contribution in [3.8, 4) is 5.75 Å². The van der Waals surface area contributed by atoms with E-state index in [9.17, 15) is 18.9 Å². The van der Waals surface area contributed by atoms with Gasteiger partial charge in [-0.25, -0.2) is 18.2 Å². The van der Waals surface area contributed by atoms with Crippen LogP contribution in [0.1, 0.15) is 25.0 Å². The quantitative estimate of drug-likeness (QED) is 0.315. The van der Waals surface area contributed by atoms with Gasteiger partial charge in [0.05, 0.1) is 0 Å². The largest absolute Gasteiger partial charge is 0.472 e. The lowest BCUT2D eigenvalue weighted by Crippen LogP contribution is -2.76. The van der Waals surface area contributed by atoms with Gasteiger partial charge in [-0.1, -0.05) is 0 Å². The Kier molecular flexibility index (Phi) is 3.33. The Labute approximate surface area is 140 Å². The second-order valence-corrected chi connectivity index (χ2v) is 7.82. The van der Waals surface area contributed by atoms with Crippen molar-refractivity contribution in [3.63, 3.8) is 0 Å². The fourth-order valence-corrected chi connectivity index (χ4v) is 3.99. The van der Waals surface area contributed by atoms with E-state index in [0.29, 0.717) is 19.3 Å². The van der Waals surface area contributed by atoms with Crippen LogP contribution in [0.25, 0.3) is 0 Å². The van der Waals surface area contributed by atoms with Crippen LogP contribution < -0.4 is 15.6 Å². The highest BCUT2D eigenvalue weighted by Gasteiger charge is 2.77. The van der Waals surface area contributed by atoms with Gasteiger partial charge in [-0.15, -0.1) is 0 Å². The third-order valence-corrected chi connectivity index (χ3v) is 5.30. The van der Waals surface area contributed by atoms with Crippen LogP contribution >= 0.6 is 7.82 Å². The molecule has 1 aliphatic heterocycles. The Bertz CT molecular complexity index is 872. The summed E-state index contributed by atoms with van der Waals surface area (Å²) in [6.45, 7) is -0.654. The van der Waals surface area contributed by atoms with Crippen LogP contribution in [-0.2, 0) is 9.09 Å². The molecular weight excluding hydrogens is 360 g/mol. The van der Waals surface area contributed by atoms with E-state index in [1.165, 1.54) is 16.9 Å². The molecule has 25 heavy (non-hydrogen) atoms. The smallest absolute Gasteiger partial charge is 0.460 e. The monoisotopic (exact) mass is 376 g/mol. The summed E-state index contributed by atoms with van der Waals surface area (Å²) in [5, 5.41) is 10.6. The molecule has 4 N–H and O–H groups in total. The van der Waals surface area contributed by atoms with Crippen LogP contribution in [0, 0.1) is 0 Å². The molecule has 12 heteroatoms. The van der Waals surface area contributed by atoms with Gasteiger partial charge in [0.25, 0.3) is 0 Å². The topological polar surface area (TPSA) is 133 Å². The van der Waals surface area contributed by atoms with Crippen molar-refractivity contribution in [3.05, 3.63) is 28.2 Å². The lowest BCUT2D eigenvalue weighted by molar-refractivity contribution is -0.670. The zero-order valence-corrected chi connectivity index (χ0v) is 13.8. The van der Waals surface area contributed by atoms with E-state index in [4.69, 9.17) is 14.5 Å². The normalized spacial score (nSPS) is 30.0. The van der Waals surface area contributed by atoms with Crippen LogP contribution in [0.4, 0.5) is 4.39 Å². The molecule has 4 aliphatic rings. The van der Waals surface area contributed by atoms with Gasteiger partial charge in [0, 0.05) is 31.5 Å². The summed E-state index contributed by atoms with van der Waals surface area (Å²) in [6, 6.07) is 1.17. The zero-order chi connectivity index (χ0) is 18.0. The molecule has 2 bridgehead atoms. The van der Waals surface area contributed by atoms with Crippen LogP contribution in [0.15, 0.2) is 17.1 Å². The number of rotatable bonds is 5. The molecule has 1 aromatic heterocycles. The molecule has 0 saturated heterocycles. The molecule has 0 amide bonds. The minimum absolute atomic E-state index is 0.00862. The SMILES string of the molecule is O=c1ccn2c(c1OCOP(=O)(O)O)C(O)=[N+](C13CC(F)(C1)C3)CN2. The maximum atomic E-state index is 13.8. The molecule has 0 radical (unpaired) electrons. The maximum Gasteiger partial charge on any atom is 0.472 e. The molecule has 3 saturated carbocycles. The third kappa shape index (κ3) is 2.54. The van der Waals surface area contributed by atoms with E-state index in [-0.39, 0.29) is 24.0 Å². The number of phosphoric acid groups is 1. The number of aromatic nitrogens is 1. The summed E-state index contributed by atoms with van der Waals surface area (Å²) < 4.78 is 36.7. The first-order chi connectivity index (χ1) is 11.6. The Balaban J connectivity index is 1.68. The van der Waals surface area contributed by atoms with E-state index >= 15 is 0 Å². The number of pyridine rings is 1. The van der Waals surface area contributed by atoms with Gasteiger partial charge in [-0.05, 0) is 0 Å². The van der Waals surface area contributed by atoms with Crippen molar-refractivity contribution in [1.82, 2.24) is 4.68 Å². The first-order valence-electron chi connectivity index (χ1n) is 7.48. The first kappa shape index (κ1) is 16.5. The van der Waals surface area contributed by atoms with Gasteiger partial charge in [-0.2, -0.15) is 4.58 Å². The molecule has 0 aromatic carbocycles. The van der Waals surface area contributed by atoms with Crippen LogP contribution in [0.3, 0.4) is 0 Å². The van der Waals surface area contributed by atoms with Gasteiger partial charge in [0.15, 0.2) is 5.54 Å². The molecule has 5 rings (SSSR count). The van der Waals surface area contributed by atoms with Crippen LogP contribution in [0.5, 0.6) is 5.75 Å². The van der Waals surface area contributed by atoms with Crippen molar-refractivity contribution < 1.29 is 37.7 Å². The van der Waals surface area contributed by atoms with Gasteiger partial charge in [-0.3, -0.25) is 10.2 Å². The zero-order valence-electron chi connectivity index (χ0n) is 12.9. The summed E-state index contributed by atoms with van der Waals surface area (Å²) in [6.07, 6.45) is 2.31. The van der Waals surface area contributed by atoms with Crippen LogP contribution in [-0.4, -0.2) is 54.7 Å². The van der Waals surface area contributed by atoms with E-state index in [2.05, 4.69) is 9.95 Å². The second kappa shape index (κ2) is 5.04. The number of ether oxygens (including phenoxy) is 1. The lowest BCUT2D eigenvalue weighted by atomic mass is 9.47. The van der Waals surface area contributed by atoms with Crippen molar-refractivity contribution in [1.29, 1.82) is 0 Å². The Hall–Kier alpha value is -1.94. The molecule has 3 fully saturated rings. The number of alkyl halides is 1. The molecular formula is C13H16FN3O7P+. The molecule has 3 aliphatic carbocycles. The summed E-state index contributed by atoms with van der Waals surface area (Å²) in [5.41, 5.74) is 0.699. The minimum atomic E-state index is -4.77. The third-order valence-electron chi connectivity index (χ3n) is 4.86. The number of aliphatic hydroxyl groups excluding tert-OH is 1. The summed E-state index contributed by atoms with van der Waals surface area (Å²) in [5.74, 6) is -0.586. The highest BCUT2D eigenvalue weighted by molar-refractivity contribution is 7.46. The average Bonchev–Trinajstić information content (AvgIpc) is 2.45. The minimum Gasteiger partial charge on any atom is -0.460 e. The second-order valence-electron chi connectivity index (χ2n) is 6.58. The number of aliphatic hydroxyl groups is 1. The Morgan fingerprint density at radius 2 is 2.08 bits per heavy atom. The van der Waals surface area contributed by atoms with Gasteiger partial charge in [0.1, 0.15) is 5.67 Å². The van der Waals surface area contributed by atoms with E-state index in [1.807, 2.05) is 0 Å². The Morgan fingerprint density at radius 1 is 1.40 bits per heavy atom. The number of hydrogen-bond acceptors (Lipinski definition) is 5. The highest BCUT2D eigenvalue weighted by atomic mass is 31.2. The summed E-state index contributed by atoms with van der Waals surface area (Å²) in [4.78, 5) is 29.5. The van der Waals surface area contributed by atoms with Gasteiger partial charge in [0.2, 0.25) is 30.3 Å². The predicted octanol–water partition coefficient (Wildman–Crippen LogP) is -0.230. The molecule has 0 unspecified atom stereocenters. The number of phosphoric ester groups is 1. The summed E-state index contributed by atoms with van der Waals surface area (Å²) >= 11 is 0. The molecule has 1 aromatic rings. The van der Waals surface area contributed by atoms with E-state index in [0.717, 1.165) is 0 Å². The average molecular weight is 376 g/mol. The number of hydrogen-bond donors (Lipinski definition) is 4. The molecule has 0 spiro atoms. The molecule has 136 valence electrons. The standard InChI is InChI=1S/C13H15FN3O7P/c14-12-3-13(4-12,5-12)16-6-15-17-2-1-8(18)10(9(17)11(16)19)23-7-24-25(20,21)22/h1-2,15H,3-7H2,(H2,20,21,22)/p+1. The van der Waals surface area contributed by atoms with E-state index in [1.54, 1.807) is 4.58 Å². The highest BCUT2D eigenvalue weighted by Crippen LogP contribution is 2.65. The van der Waals surface area contributed by atoms with Gasteiger partial charge < -0.3 is 19.6 Å². The molecule has 10 nitrogen and oxygen atoms in total.